The molecule has 1 aliphatic rings. The molecule has 2 heterocycles. The molecule has 6 heteroatoms. The van der Waals surface area contributed by atoms with Crippen LogP contribution < -0.4 is 0 Å². The second-order valence-electron chi connectivity index (χ2n) is 8.17. The molecule has 3 aromatic rings. The average Bonchev–Trinajstić information content (AvgIpc) is 3.28. The number of benzene rings is 2. The first kappa shape index (κ1) is 21.2. The summed E-state index contributed by atoms with van der Waals surface area (Å²) in [5.41, 5.74) is 4.23. The van der Waals surface area contributed by atoms with Crippen molar-refractivity contribution in [3.05, 3.63) is 71.1 Å². The van der Waals surface area contributed by atoms with Crippen LogP contribution >= 0.6 is 0 Å². The Hall–Kier alpha value is -2.99. The van der Waals surface area contributed by atoms with Crippen LogP contribution in [-0.4, -0.2) is 58.6 Å². The second kappa shape index (κ2) is 9.88. The summed E-state index contributed by atoms with van der Waals surface area (Å²) < 4.78 is 5.42. The Morgan fingerprint density at radius 1 is 1.00 bits per heavy atom. The third-order valence-corrected chi connectivity index (χ3v) is 5.91. The number of piperazine rings is 1. The van der Waals surface area contributed by atoms with Gasteiger partial charge in [0.05, 0.1) is 0 Å². The Labute approximate surface area is 183 Å². The number of aromatic nitrogens is 2. The summed E-state index contributed by atoms with van der Waals surface area (Å²) in [5.74, 6) is 1.46. The third-order valence-electron chi connectivity index (χ3n) is 5.91. The molecule has 2 aromatic carbocycles. The van der Waals surface area contributed by atoms with Gasteiger partial charge in [0.25, 0.3) is 5.91 Å². The van der Waals surface area contributed by atoms with Gasteiger partial charge in [-0.25, -0.2) is 0 Å². The third kappa shape index (κ3) is 5.39. The molecule has 1 aliphatic heterocycles. The fourth-order valence-corrected chi connectivity index (χ4v) is 3.87. The molecule has 1 fully saturated rings. The zero-order valence-corrected chi connectivity index (χ0v) is 18.4. The topological polar surface area (TPSA) is 62.5 Å². The highest BCUT2D eigenvalue weighted by atomic mass is 16.5. The van der Waals surface area contributed by atoms with Crippen molar-refractivity contribution in [1.82, 2.24) is 19.9 Å². The smallest absolute Gasteiger partial charge is 0.253 e. The van der Waals surface area contributed by atoms with Crippen LogP contribution in [0.1, 0.15) is 40.7 Å². The SMILES string of the molecule is CCc1ccc(C(=O)N2CCN(CCCc3nc(-c4ccc(C)cc4)no3)CC2)cc1. The molecular weight excluding hydrogens is 388 g/mol. The molecule has 0 N–H and O–H groups in total. The van der Waals surface area contributed by atoms with Gasteiger partial charge >= 0.3 is 0 Å². The molecule has 4 rings (SSSR count). The van der Waals surface area contributed by atoms with Gasteiger partial charge in [-0.05, 0) is 44.0 Å². The Kier molecular flexibility index (Phi) is 6.77. The van der Waals surface area contributed by atoms with E-state index in [0.717, 1.165) is 63.1 Å². The van der Waals surface area contributed by atoms with E-state index in [1.165, 1.54) is 11.1 Å². The predicted molar refractivity (Wildman–Crippen MR) is 121 cm³/mol. The largest absolute Gasteiger partial charge is 0.339 e. The number of hydrogen-bond donors (Lipinski definition) is 0. The quantitative estimate of drug-likeness (QED) is 0.580. The zero-order valence-electron chi connectivity index (χ0n) is 18.4. The van der Waals surface area contributed by atoms with Crippen LogP contribution in [0.25, 0.3) is 11.4 Å². The number of rotatable bonds is 7. The Morgan fingerprint density at radius 3 is 2.39 bits per heavy atom. The lowest BCUT2D eigenvalue weighted by Gasteiger charge is -2.34. The lowest BCUT2D eigenvalue weighted by molar-refractivity contribution is 0.0635. The molecule has 31 heavy (non-hydrogen) atoms. The van der Waals surface area contributed by atoms with E-state index in [4.69, 9.17) is 4.52 Å². The molecular formula is C25H30N4O2. The van der Waals surface area contributed by atoms with Crippen molar-refractivity contribution >= 4 is 5.91 Å². The van der Waals surface area contributed by atoms with Gasteiger partial charge in [-0.2, -0.15) is 4.98 Å². The summed E-state index contributed by atoms with van der Waals surface area (Å²) in [6.07, 6.45) is 2.72. The van der Waals surface area contributed by atoms with E-state index in [-0.39, 0.29) is 5.91 Å². The van der Waals surface area contributed by atoms with Gasteiger partial charge in [-0.1, -0.05) is 54.0 Å². The minimum absolute atomic E-state index is 0.136. The van der Waals surface area contributed by atoms with Crippen LogP contribution in [0.5, 0.6) is 0 Å². The van der Waals surface area contributed by atoms with Crippen LogP contribution in [0.15, 0.2) is 53.1 Å². The van der Waals surface area contributed by atoms with Crippen molar-refractivity contribution in [2.45, 2.75) is 33.1 Å². The van der Waals surface area contributed by atoms with Crippen molar-refractivity contribution in [1.29, 1.82) is 0 Å². The number of amides is 1. The maximum atomic E-state index is 12.7. The van der Waals surface area contributed by atoms with E-state index >= 15 is 0 Å². The highest BCUT2D eigenvalue weighted by molar-refractivity contribution is 5.94. The normalized spacial score (nSPS) is 14.7. The van der Waals surface area contributed by atoms with Crippen molar-refractivity contribution < 1.29 is 9.32 Å². The zero-order chi connectivity index (χ0) is 21.6. The van der Waals surface area contributed by atoms with Gasteiger partial charge in [0.1, 0.15) is 0 Å². The molecule has 6 nitrogen and oxygen atoms in total. The van der Waals surface area contributed by atoms with Gasteiger partial charge < -0.3 is 9.42 Å². The first-order valence-corrected chi connectivity index (χ1v) is 11.1. The molecule has 0 aliphatic carbocycles. The van der Waals surface area contributed by atoms with Gasteiger partial charge in [-0.3, -0.25) is 9.69 Å². The van der Waals surface area contributed by atoms with Gasteiger partial charge in [0.15, 0.2) is 0 Å². The van der Waals surface area contributed by atoms with Gasteiger partial charge in [-0.15, -0.1) is 0 Å². The van der Waals surface area contributed by atoms with Crippen LogP contribution in [0.2, 0.25) is 0 Å². The van der Waals surface area contributed by atoms with E-state index in [0.29, 0.717) is 11.7 Å². The first-order chi connectivity index (χ1) is 15.1. The molecule has 0 bridgehead atoms. The van der Waals surface area contributed by atoms with Crippen LogP contribution in [0.3, 0.4) is 0 Å². The maximum Gasteiger partial charge on any atom is 0.253 e. The lowest BCUT2D eigenvalue weighted by atomic mass is 10.1. The van der Waals surface area contributed by atoms with Crippen molar-refractivity contribution in [3.8, 4) is 11.4 Å². The summed E-state index contributed by atoms with van der Waals surface area (Å²) >= 11 is 0. The van der Waals surface area contributed by atoms with Crippen molar-refractivity contribution in [2.24, 2.45) is 0 Å². The molecule has 1 aromatic heterocycles. The molecule has 1 amide bonds. The number of hydrogen-bond acceptors (Lipinski definition) is 5. The Balaban J connectivity index is 1.21. The molecule has 162 valence electrons. The first-order valence-electron chi connectivity index (χ1n) is 11.1. The molecule has 1 saturated heterocycles. The van der Waals surface area contributed by atoms with Crippen LogP contribution in [-0.2, 0) is 12.8 Å². The summed E-state index contributed by atoms with van der Waals surface area (Å²) in [4.78, 5) is 21.6. The maximum absolute atomic E-state index is 12.7. The predicted octanol–water partition coefficient (Wildman–Crippen LogP) is 4.00. The van der Waals surface area contributed by atoms with Crippen molar-refractivity contribution in [2.75, 3.05) is 32.7 Å². The fourth-order valence-electron chi connectivity index (χ4n) is 3.87. The summed E-state index contributed by atoms with van der Waals surface area (Å²) in [7, 11) is 0. The standard InChI is InChI=1S/C25H30N4O2/c1-3-20-8-12-22(13-9-20)25(30)29-17-15-28(16-18-29)14-4-5-23-26-24(27-31-23)21-10-6-19(2)7-11-21/h6-13H,3-5,14-18H2,1-2H3. The number of aryl methyl sites for hydroxylation is 3. The van der Waals surface area contributed by atoms with Crippen molar-refractivity contribution in [3.63, 3.8) is 0 Å². The van der Waals surface area contributed by atoms with E-state index in [1.807, 2.05) is 41.3 Å². The molecule has 0 unspecified atom stereocenters. The second-order valence-corrected chi connectivity index (χ2v) is 8.17. The summed E-state index contributed by atoms with van der Waals surface area (Å²) in [6, 6.07) is 16.1. The van der Waals surface area contributed by atoms with E-state index < -0.39 is 0 Å². The highest BCUT2D eigenvalue weighted by Gasteiger charge is 2.22. The molecule has 0 atom stereocenters. The fraction of sp³-hybridized carbons (Fsp3) is 0.400. The van der Waals surface area contributed by atoms with Crippen LogP contribution in [0.4, 0.5) is 0 Å². The van der Waals surface area contributed by atoms with Gasteiger partial charge in [0, 0.05) is 43.7 Å². The molecule has 0 saturated carbocycles. The summed E-state index contributed by atoms with van der Waals surface area (Å²) in [5, 5.41) is 4.11. The Morgan fingerprint density at radius 2 is 1.71 bits per heavy atom. The molecule has 0 radical (unpaired) electrons. The Bertz CT molecular complexity index is 987. The lowest BCUT2D eigenvalue weighted by Crippen LogP contribution is -2.48. The summed E-state index contributed by atoms with van der Waals surface area (Å²) in [6.45, 7) is 8.49. The van der Waals surface area contributed by atoms with E-state index in [1.54, 1.807) is 0 Å². The number of carbonyl (C=O) groups excluding carboxylic acids is 1. The number of nitrogens with zero attached hydrogens (tertiary/aromatic N) is 4. The minimum Gasteiger partial charge on any atom is -0.339 e. The van der Waals surface area contributed by atoms with Crippen LogP contribution in [0, 0.1) is 6.92 Å². The van der Waals surface area contributed by atoms with E-state index in [9.17, 15) is 4.79 Å². The minimum atomic E-state index is 0.136. The van der Waals surface area contributed by atoms with Gasteiger partial charge in [0.2, 0.25) is 11.7 Å². The number of carbonyl (C=O) groups is 1. The molecule has 0 spiro atoms. The average molecular weight is 419 g/mol. The monoisotopic (exact) mass is 418 g/mol. The van der Waals surface area contributed by atoms with E-state index in [2.05, 4.69) is 41.0 Å². The highest BCUT2D eigenvalue weighted by Crippen LogP contribution is 2.17.